The van der Waals surface area contributed by atoms with Crippen LogP contribution in [0.2, 0.25) is 0 Å². The van der Waals surface area contributed by atoms with E-state index >= 15 is 0 Å². The van der Waals surface area contributed by atoms with Gasteiger partial charge in [0.05, 0.1) is 0 Å². The Labute approximate surface area is 119 Å². The van der Waals surface area contributed by atoms with Crippen molar-refractivity contribution in [3.05, 3.63) is 42.0 Å². The predicted molar refractivity (Wildman–Crippen MR) is 79.0 cm³/mol. The zero-order valence-electron chi connectivity index (χ0n) is 12.1. The molecule has 4 nitrogen and oxygen atoms in total. The van der Waals surface area contributed by atoms with E-state index < -0.39 is 0 Å². The molecule has 0 saturated carbocycles. The molecule has 1 unspecified atom stereocenters. The first kappa shape index (κ1) is 14.3. The van der Waals surface area contributed by atoms with E-state index in [0.29, 0.717) is 17.2 Å². The lowest BCUT2D eigenvalue weighted by Gasteiger charge is -2.21. The zero-order valence-corrected chi connectivity index (χ0v) is 12.1. The molecule has 0 bridgehead atoms. The van der Waals surface area contributed by atoms with Gasteiger partial charge in [-0.05, 0) is 18.9 Å². The molecule has 106 valence electrons. The van der Waals surface area contributed by atoms with Crippen molar-refractivity contribution in [2.45, 2.75) is 26.8 Å². The molecule has 2 rings (SSSR count). The summed E-state index contributed by atoms with van der Waals surface area (Å²) in [6, 6.07) is 7.37. The normalized spacial score (nSPS) is 15.5. The number of hydrogen-bond donors (Lipinski definition) is 1. The maximum absolute atomic E-state index is 12.2. The summed E-state index contributed by atoms with van der Waals surface area (Å²) in [5.74, 6) is 0.0417. The van der Waals surface area contributed by atoms with Gasteiger partial charge in [0, 0.05) is 22.9 Å². The minimum absolute atomic E-state index is 0.0173. The Kier molecular flexibility index (Phi) is 3.93. The molecule has 1 N–H and O–H groups in total. The van der Waals surface area contributed by atoms with Crippen molar-refractivity contribution in [3.63, 3.8) is 0 Å². The van der Waals surface area contributed by atoms with Crippen LogP contribution in [-0.4, -0.2) is 29.3 Å². The summed E-state index contributed by atoms with van der Waals surface area (Å²) in [5.41, 5.74) is 2.02. The number of amides is 2. The molecule has 20 heavy (non-hydrogen) atoms. The number of hydrogen-bond acceptors (Lipinski definition) is 2. The van der Waals surface area contributed by atoms with E-state index in [1.807, 2.05) is 39.0 Å². The highest BCUT2D eigenvalue weighted by Gasteiger charge is 2.32. The summed E-state index contributed by atoms with van der Waals surface area (Å²) >= 11 is 0. The molecule has 0 radical (unpaired) electrons. The summed E-state index contributed by atoms with van der Waals surface area (Å²) in [6.45, 7) is 9.98. The maximum Gasteiger partial charge on any atom is 0.259 e. The predicted octanol–water partition coefficient (Wildman–Crippen LogP) is 2.27. The summed E-state index contributed by atoms with van der Waals surface area (Å²) in [4.78, 5) is 25.7. The summed E-state index contributed by atoms with van der Waals surface area (Å²) < 4.78 is 0. The van der Waals surface area contributed by atoms with Gasteiger partial charge in [-0.15, -0.1) is 0 Å². The van der Waals surface area contributed by atoms with Gasteiger partial charge in [-0.1, -0.05) is 38.6 Å². The van der Waals surface area contributed by atoms with Crippen LogP contribution in [-0.2, 0) is 4.79 Å². The maximum atomic E-state index is 12.2. The highest BCUT2D eigenvalue weighted by atomic mass is 16.2. The lowest BCUT2D eigenvalue weighted by molar-refractivity contribution is -0.122. The first-order valence-corrected chi connectivity index (χ1v) is 6.81. The molecule has 2 amide bonds. The van der Waals surface area contributed by atoms with Crippen molar-refractivity contribution in [3.8, 4) is 0 Å². The molecule has 1 aliphatic heterocycles. The Balaban J connectivity index is 2.07. The van der Waals surface area contributed by atoms with Crippen molar-refractivity contribution in [2.24, 2.45) is 5.92 Å². The van der Waals surface area contributed by atoms with Crippen LogP contribution in [0.5, 0.6) is 0 Å². The number of nitrogens with one attached hydrogen (secondary N) is 1. The summed E-state index contributed by atoms with van der Waals surface area (Å²) in [5, 5.41) is 2.90. The highest BCUT2D eigenvalue weighted by Crippen LogP contribution is 2.30. The van der Waals surface area contributed by atoms with E-state index in [1.165, 1.54) is 4.90 Å². The fraction of sp³-hybridized carbons (Fsp3) is 0.375. The van der Waals surface area contributed by atoms with Crippen LogP contribution in [0.15, 0.2) is 30.8 Å². The van der Waals surface area contributed by atoms with Gasteiger partial charge in [0.15, 0.2) is 0 Å². The van der Waals surface area contributed by atoms with Gasteiger partial charge in [-0.2, -0.15) is 0 Å². The van der Waals surface area contributed by atoms with Crippen molar-refractivity contribution in [1.29, 1.82) is 0 Å². The van der Waals surface area contributed by atoms with Crippen LogP contribution in [0.25, 0.3) is 5.70 Å². The van der Waals surface area contributed by atoms with E-state index in [1.54, 1.807) is 6.07 Å². The topological polar surface area (TPSA) is 49.4 Å². The summed E-state index contributed by atoms with van der Waals surface area (Å²) in [6.07, 6.45) is 0. The molecule has 1 aromatic carbocycles. The third kappa shape index (κ3) is 2.59. The molecule has 1 aliphatic rings. The fourth-order valence-corrected chi connectivity index (χ4v) is 2.11. The van der Waals surface area contributed by atoms with Crippen LogP contribution in [0.4, 0.5) is 0 Å². The average Bonchev–Trinajstić information content (AvgIpc) is 2.64. The van der Waals surface area contributed by atoms with E-state index in [2.05, 4.69) is 11.9 Å². The molecule has 0 fully saturated rings. The first-order valence-electron chi connectivity index (χ1n) is 6.81. The molecule has 0 aliphatic carbocycles. The Morgan fingerprint density at radius 1 is 1.25 bits per heavy atom. The SMILES string of the molecule is C=C1c2ccccc2C(=O)N1CC(=O)NC(C)C(C)C. The fourth-order valence-electron chi connectivity index (χ4n) is 2.11. The third-order valence-electron chi connectivity index (χ3n) is 3.73. The number of fused-ring (bicyclic) bond motifs is 1. The summed E-state index contributed by atoms with van der Waals surface area (Å²) in [7, 11) is 0. The first-order chi connectivity index (χ1) is 9.41. The lowest BCUT2D eigenvalue weighted by atomic mass is 10.1. The monoisotopic (exact) mass is 272 g/mol. The molecular formula is C16H20N2O2. The van der Waals surface area contributed by atoms with Crippen LogP contribution < -0.4 is 5.32 Å². The van der Waals surface area contributed by atoms with Crippen molar-refractivity contribution >= 4 is 17.5 Å². The minimum Gasteiger partial charge on any atom is -0.352 e. The largest absolute Gasteiger partial charge is 0.352 e. The van der Waals surface area contributed by atoms with Gasteiger partial charge in [0.2, 0.25) is 5.91 Å². The smallest absolute Gasteiger partial charge is 0.259 e. The number of carbonyl (C=O) groups excluding carboxylic acids is 2. The average molecular weight is 272 g/mol. The molecule has 0 aromatic heterocycles. The Bertz CT molecular complexity index is 528. The van der Waals surface area contributed by atoms with Gasteiger partial charge in [-0.3, -0.25) is 14.5 Å². The third-order valence-corrected chi connectivity index (χ3v) is 3.73. The van der Waals surface area contributed by atoms with Gasteiger partial charge in [0.25, 0.3) is 5.91 Å². The Hall–Kier alpha value is -2.10. The van der Waals surface area contributed by atoms with Gasteiger partial charge < -0.3 is 5.32 Å². The molecule has 4 heteroatoms. The molecule has 1 atom stereocenters. The minimum atomic E-state index is -0.159. The van der Waals surface area contributed by atoms with Crippen LogP contribution in [0.3, 0.4) is 0 Å². The second kappa shape index (κ2) is 5.49. The van der Waals surface area contributed by atoms with Crippen molar-refractivity contribution < 1.29 is 9.59 Å². The highest BCUT2D eigenvalue weighted by molar-refractivity contribution is 6.10. The Morgan fingerprint density at radius 2 is 1.85 bits per heavy atom. The molecule has 1 aromatic rings. The quantitative estimate of drug-likeness (QED) is 0.914. The Morgan fingerprint density at radius 3 is 2.40 bits per heavy atom. The standard InChI is InChI=1S/C16H20N2O2/c1-10(2)11(3)17-15(19)9-18-12(4)13-7-5-6-8-14(13)16(18)20/h5-8,10-11H,4,9H2,1-3H3,(H,17,19). The van der Waals surface area contributed by atoms with Gasteiger partial charge >= 0.3 is 0 Å². The lowest BCUT2D eigenvalue weighted by Crippen LogP contribution is -2.42. The van der Waals surface area contributed by atoms with Crippen molar-refractivity contribution in [2.75, 3.05) is 6.54 Å². The van der Waals surface area contributed by atoms with Gasteiger partial charge in [-0.25, -0.2) is 0 Å². The van der Waals surface area contributed by atoms with Crippen LogP contribution in [0.1, 0.15) is 36.7 Å². The number of carbonyl (C=O) groups is 2. The van der Waals surface area contributed by atoms with Crippen LogP contribution in [0, 0.1) is 5.92 Å². The van der Waals surface area contributed by atoms with Crippen LogP contribution >= 0.6 is 0 Å². The van der Waals surface area contributed by atoms with E-state index in [-0.39, 0.29) is 24.4 Å². The molecule has 1 heterocycles. The second-order valence-corrected chi connectivity index (χ2v) is 5.48. The molecule has 0 spiro atoms. The second-order valence-electron chi connectivity index (χ2n) is 5.48. The van der Waals surface area contributed by atoms with E-state index in [9.17, 15) is 9.59 Å². The number of benzene rings is 1. The van der Waals surface area contributed by atoms with Crippen molar-refractivity contribution in [1.82, 2.24) is 10.2 Å². The number of rotatable bonds is 4. The molecular weight excluding hydrogens is 252 g/mol. The number of nitrogens with zero attached hydrogens (tertiary/aromatic N) is 1. The zero-order chi connectivity index (χ0) is 14.9. The van der Waals surface area contributed by atoms with Gasteiger partial charge in [0.1, 0.15) is 6.54 Å². The molecule has 0 saturated heterocycles. The van der Waals surface area contributed by atoms with E-state index in [4.69, 9.17) is 0 Å². The van der Waals surface area contributed by atoms with E-state index in [0.717, 1.165) is 5.56 Å².